The van der Waals surface area contributed by atoms with Crippen LogP contribution in [-0.4, -0.2) is 63.6 Å². The zero-order valence-corrected chi connectivity index (χ0v) is 20.0. The summed E-state index contributed by atoms with van der Waals surface area (Å²) >= 11 is 0. The summed E-state index contributed by atoms with van der Waals surface area (Å²) in [6.45, 7) is 6.49. The van der Waals surface area contributed by atoms with E-state index in [1.165, 1.54) is 30.3 Å². The standard InChI is InChI=1S/C23H37F2N3O3S/c1-4-15-27(2)16-7-5-6-8-17-31-21-12-10-20(11-13-21)28(3)32(29,30)26-19-9-14-22(24)23(25)18-19/h4,9,14,18,20-21,26H,1,5-8,10-13,15-17H2,2-3H3. The third-order valence-corrected chi connectivity index (χ3v) is 7.48. The predicted octanol–water partition coefficient (Wildman–Crippen LogP) is 4.56. The molecule has 0 unspecified atom stereocenters. The first-order valence-corrected chi connectivity index (χ1v) is 12.8. The van der Waals surface area contributed by atoms with Crippen LogP contribution in [0.1, 0.15) is 51.4 Å². The molecule has 0 heterocycles. The number of rotatable bonds is 14. The third-order valence-electron chi connectivity index (χ3n) is 5.93. The zero-order chi connectivity index (χ0) is 23.6. The van der Waals surface area contributed by atoms with Gasteiger partial charge in [0.1, 0.15) is 0 Å². The van der Waals surface area contributed by atoms with Gasteiger partial charge in [-0.25, -0.2) is 8.78 Å². The molecule has 0 spiro atoms. The SMILES string of the molecule is C=CCN(C)CCCCCCOC1CCC(N(C)S(=O)(=O)Nc2ccc(F)c(F)c2)CC1. The lowest BCUT2D eigenvalue weighted by atomic mass is 9.93. The summed E-state index contributed by atoms with van der Waals surface area (Å²) < 4.78 is 61.2. The van der Waals surface area contributed by atoms with E-state index >= 15 is 0 Å². The fourth-order valence-electron chi connectivity index (χ4n) is 3.95. The van der Waals surface area contributed by atoms with Crippen LogP contribution in [0.25, 0.3) is 0 Å². The van der Waals surface area contributed by atoms with Crippen LogP contribution in [0, 0.1) is 11.6 Å². The van der Waals surface area contributed by atoms with Crippen LogP contribution >= 0.6 is 0 Å². The van der Waals surface area contributed by atoms with Gasteiger partial charge in [0.15, 0.2) is 11.6 Å². The highest BCUT2D eigenvalue weighted by Gasteiger charge is 2.31. The Bertz CT molecular complexity index is 815. The molecule has 1 fully saturated rings. The summed E-state index contributed by atoms with van der Waals surface area (Å²) in [7, 11) is -0.241. The number of nitrogens with one attached hydrogen (secondary N) is 1. The fraction of sp³-hybridized carbons (Fsp3) is 0.652. The average molecular weight is 474 g/mol. The lowest BCUT2D eigenvalue weighted by molar-refractivity contribution is 0.0157. The molecule has 1 saturated carbocycles. The van der Waals surface area contributed by atoms with Gasteiger partial charge in [0.25, 0.3) is 0 Å². The number of hydrogen-bond acceptors (Lipinski definition) is 4. The number of likely N-dealkylation sites (N-methyl/N-ethyl adjacent to an activating group) is 1. The van der Waals surface area contributed by atoms with Crippen molar-refractivity contribution >= 4 is 15.9 Å². The normalized spacial score (nSPS) is 19.4. The van der Waals surface area contributed by atoms with Gasteiger partial charge in [0.05, 0.1) is 11.8 Å². The Morgan fingerprint density at radius 1 is 1.09 bits per heavy atom. The van der Waals surface area contributed by atoms with Crippen molar-refractivity contribution in [2.45, 2.75) is 63.5 Å². The molecule has 1 aliphatic carbocycles. The Labute approximate surface area is 191 Å². The highest BCUT2D eigenvalue weighted by atomic mass is 32.2. The molecule has 2 rings (SSSR count). The summed E-state index contributed by atoms with van der Waals surface area (Å²) in [5.74, 6) is -2.11. The van der Waals surface area contributed by atoms with Crippen molar-refractivity contribution in [3.63, 3.8) is 0 Å². The van der Waals surface area contributed by atoms with Gasteiger partial charge in [0.2, 0.25) is 0 Å². The smallest absolute Gasteiger partial charge is 0.301 e. The van der Waals surface area contributed by atoms with Gasteiger partial charge >= 0.3 is 10.2 Å². The number of nitrogens with zero attached hydrogens (tertiary/aromatic N) is 2. The molecule has 0 amide bonds. The zero-order valence-electron chi connectivity index (χ0n) is 19.2. The molecule has 0 aromatic heterocycles. The highest BCUT2D eigenvalue weighted by molar-refractivity contribution is 7.90. The van der Waals surface area contributed by atoms with Crippen molar-refractivity contribution in [2.24, 2.45) is 0 Å². The molecule has 32 heavy (non-hydrogen) atoms. The van der Waals surface area contributed by atoms with E-state index in [0.29, 0.717) is 12.8 Å². The van der Waals surface area contributed by atoms with E-state index in [2.05, 4.69) is 23.2 Å². The first-order valence-electron chi connectivity index (χ1n) is 11.3. The monoisotopic (exact) mass is 473 g/mol. The van der Waals surface area contributed by atoms with Crippen LogP contribution < -0.4 is 4.72 Å². The quantitative estimate of drug-likeness (QED) is 0.318. The molecule has 1 aromatic rings. The molecule has 0 radical (unpaired) electrons. The minimum absolute atomic E-state index is 0.000111. The molecular weight excluding hydrogens is 436 g/mol. The van der Waals surface area contributed by atoms with Crippen LogP contribution in [-0.2, 0) is 14.9 Å². The molecule has 1 N–H and O–H groups in total. The van der Waals surface area contributed by atoms with E-state index in [9.17, 15) is 17.2 Å². The van der Waals surface area contributed by atoms with Gasteiger partial charge in [0, 0.05) is 32.3 Å². The molecule has 182 valence electrons. The molecule has 1 aromatic carbocycles. The molecule has 0 atom stereocenters. The van der Waals surface area contributed by atoms with E-state index in [1.807, 2.05) is 6.08 Å². The summed E-state index contributed by atoms with van der Waals surface area (Å²) in [6.07, 6.45) is 9.65. The largest absolute Gasteiger partial charge is 0.378 e. The van der Waals surface area contributed by atoms with Crippen LogP contribution in [0.4, 0.5) is 14.5 Å². The van der Waals surface area contributed by atoms with Crippen molar-refractivity contribution in [3.8, 4) is 0 Å². The lowest BCUT2D eigenvalue weighted by Crippen LogP contribution is -2.43. The van der Waals surface area contributed by atoms with E-state index in [4.69, 9.17) is 4.74 Å². The molecule has 0 aliphatic heterocycles. The number of benzene rings is 1. The average Bonchev–Trinajstić information content (AvgIpc) is 2.75. The van der Waals surface area contributed by atoms with Crippen LogP contribution in [0.2, 0.25) is 0 Å². The van der Waals surface area contributed by atoms with Gasteiger partial charge in [-0.15, -0.1) is 6.58 Å². The molecular formula is C23H37F2N3O3S. The van der Waals surface area contributed by atoms with Crippen molar-refractivity contribution in [3.05, 3.63) is 42.5 Å². The van der Waals surface area contributed by atoms with Gasteiger partial charge in [-0.05, 0) is 64.3 Å². The lowest BCUT2D eigenvalue weighted by Gasteiger charge is -2.34. The minimum Gasteiger partial charge on any atom is -0.378 e. The maximum Gasteiger partial charge on any atom is 0.301 e. The van der Waals surface area contributed by atoms with Crippen LogP contribution in [0.15, 0.2) is 30.9 Å². The summed E-state index contributed by atoms with van der Waals surface area (Å²) in [5, 5.41) is 0. The molecule has 0 bridgehead atoms. The number of anilines is 1. The van der Waals surface area contributed by atoms with Gasteiger partial charge in [-0.3, -0.25) is 4.72 Å². The first-order chi connectivity index (χ1) is 15.2. The van der Waals surface area contributed by atoms with Gasteiger partial charge < -0.3 is 9.64 Å². The van der Waals surface area contributed by atoms with Crippen molar-refractivity contribution in [2.75, 3.05) is 38.5 Å². The van der Waals surface area contributed by atoms with Gasteiger partial charge in [-0.1, -0.05) is 18.9 Å². The minimum atomic E-state index is -3.86. The Hall–Kier alpha value is -1.55. The van der Waals surface area contributed by atoms with E-state index in [-0.39, 0.29) is 17.8 Å². The summed E-state index contributed by atoms with van der Waals surface area (Å²) in [5.41, 5.74) is 0.000111. The molecule has 0 saturated heterocycles. The topological polar surface area (TPSA) is 61.9 Å². The Morgan fingerprint density at radius 2 is 1.78 bits per heavy atom. The molecule has 9 heteroatoms. The summed E-state index contributed by atoms with van der Waals surface area (Å²) in [6, 6.07) is 2.79. The Morgan fingerprint density at radius 3 is 2.44 bits per heavy atom. The van der Waals surface area contributed by atoms with E-state index in [0.717, 1.165) is 57.5 Å². The number of ether oxygens (including phenoxy) is 1. The maximum atomic E-state index is 13.4. The van der Waals surface area contributed by atoms with Crippen molar-refractivity contribution in [1.29, 1.82) is 0 Å². The predicted molar refractivity (Wildman–Crippen MR) is 125 cm³/mol. The van der Waals surface area contributed by atoms with Crippen LogP contribution in [0.5, 0.6) is 0 Å². The number of unbranched alkanes of at least 4 members (excludes halogenated alkanes) is 3. The second-order valence-electron chi connectivity index (χ2n) is 8.52. The van der Waals surface area contributed by atoms with E-state index in [1.54, 1.807) is 0 Å². The fourth-order valence-corrected chi connectivity index (χ4v) is 5.12. The third kappa shape index (κ3) is 8.77. The van der Waals surface area contributed by atoms with E-state index < -0.39 is 21.8 Å². The van der Waals surface area contributed by atoms with Gasteiger partial charge in [-0.2, -0.15) is 12.7 Å². The maximum absolute atomic E-state index is 13.4. The second kappa shape index (κ2) is 13.2. The van der Waals surface area contributed by atoms with Crippen molar-refractivity contribution < 1.29 is 21.9 Å². The second-order valence-corrected chi connectivity index (χ2v) is 10.2. The Balaban J connectivity index is 1.65. The summed E-state index contributed by atoms with van der Waals surface area (Å²) in [4.78, 5) is 2.26. The number of halogens is 2. The molecule has 6 nitrogen and oxygen atoms in total. The van der Waals surface area contributed by atoms with Crippen molar-refractivity contribution in [1.82, 2.24) is 9.21 Å². The van der Waals surface area contributed by atoms with Crippen LogP contribution in [0.3, 0.4) is 0 Å². The Kier molecular flexibility index (Phi) is 11.0. The number of hydrogen-bond donors (Lipinski definition) is 1. The first kappa shape index (κ1) is 26.7. The highest BCUT2D eigenvalue weighted by Crippen LogP contribution is 2.27. The molecule has 1 aliphatic rings.